The zero-order valence-corrected chi connectivity index (χ0v) is 24.0. The second kappa shape index (κ2) is 14.5. The van der Waals surface area contributed by atoms with Crippen LogP contribution in [0.15, 0.2) is 6.33 Å². The van der Waals surface area contributed by atoms with Crippen molar-refractivity contribution < 1.29 is 66.6 Å². The van der Waals surface area contributed by atoms with Gasteiger partial charge in [-0.05, 0) is 18.0 Å². The molecule has 2 aliphatic heterocycles. The van der Waals surface area contributed by atoms with E-state index in [0.29, 0.717) is 24.5 Å². The van der Waals surface area contributed by atoms with Crippen molar-refractivity contribution in [1.29, 1.82) is 0 Å². The third kappa shape index (κ3) is 7.94. The quantitative estimate of drug-likeness (QED) is 0.120. The first-order valence-electron chi connectivity index (χ1n) is 12.3. The van der Waals surface area contributed by atoms with Gasteiger partial charge < -0.3 is 48.7 Å². The molecule has 19 nitrogen and oxygen atoms in total. The molecule has 0 bridgehead atoms. The second-order valence-corrected chi connectivity index (χ2v) is 11.1. The molecular weight excluding hydrogens is 613 g/mol. The Morgan fingerprint density at radius 3 is 2.45 bits per heavy atom. The van der Waals surface area contributed by atoms with E-state index in [1.54, 1.807) is 0 Å². The summed E-state index contributed by atoms with van der Waals surface area (Å²) in [6.45, 7) is -1.01. The van der Waals surface area contributed by atoms with Crippen molar-refractivity contribution in [1.82, 2.24) is 19.5 Å². The van der Waals surface area contributed by atoms with Crippen LogP contribution in [0.25, 0.3) is 11.2 Å². The molecule has 0 amide bonds. The molecular formula is C21H29ClN5O14P. The first kappa shape index (κ1) is 32.1. The number of imidazole rings is 1. The molecule has 3 N–H and O–H groups in total. The Kier molecular flexibility index (Phi) is 11.1. The van der Waals surface area contributed by atoms with Gasteiger partial charge in [-0.15, -0.1) is 0 Å². The van der Waals surface area contributed by atoms with Gasteiger partial charge in [0.05, 0.1) is 39.8 Å². The zero-order chi connectivity index (χ0) is 30.3. The van der Waals surface area contributed by atoms with E-state index in [4.69, 9.17) is 34.9 Å². The predicted molar refractivity (Wildman–Crippen MR) is 136 cm³/mol. The van der Waals surface area contributed by atoms with Crippen molar-refractivity contribution >= 4 is 48.5 Å². The number of nitrogens with one attached hydrogen (secondary N) is 1. The van der Waals surface area contributed by atoms with E-state index >= 15 is 0 Å². The zero-order valence-electron chi connectivity index (χ0n) is 22.3. The number of aliphatic hydroxyl groups is 2. The summed E-state index contributed by atoms with van der Waals surface area (Å²) in [6, 6.07) is 0.00369. The van der Waals surface area contributed by atoms with Crippen LogP contribution in [0.4, 0.5) is 15.4 Å². The lowest BCUT2D eigenvalue weighted by atomic mass is 10.1. The van der Waals surface area contributed by atoms with E-state index in [-0.39, 0.29) is 17.0 Å². The van der Waals surface area contributed by atoms with Gasteiger partial charge in [-0.3, -0.25) is 18.2 Å². The number of methoxy groups -OCH3 is 2. The third-order valence-electron chi connectivity index (χ3n) is 5.99. The van der Waals surface area contributed by atoms with Crippen molar-refractivity contribution in [2.75, 3.05) is 59.3 Å². The molecule has 2 fully saturated rings. The van der Waals surface area contributed by atoms with E-state index in [0.717, 1.165) is 20.6 Å². The summed E-state index contributed by atoms with van der Waals surface area (Å²) in [4.78, 5) is 35.0. The van der Waals surface area contributed by atoms with Crippen molar-refractivity contribution in [3.63, 3.8) is 0 Å². The number of carbonyl (C=O) groups excluding carboxylic acids is 2. The van der Waals surface area contributed by atoms with Gasteiger partial charge in [0, 0.05) is 6.61 Å². The number of aromatic nitrogens is 4. The lowest BCUT2D eigenvalue weighted by Gasteiger charge is -2.20. The smallest absolute Gasteiger partial charge is 0.438 e. The highest BCUT2D eigenvalue weighted by atomic mass is 35.5. The maximum atomic E-state index is 13.0. The number of fused-ring (bicyclic) bond motifs is 1. The SMILES string of the molecule is COC(=O)OCOP(=O)(COC[C@H]1O[C@@H](n2cnc3c(N[C@H]4CCOC4)nc(Cl)nc32)[C@H](O)[C@@H]1O)OCOC(=O)OC. The topological polar surface area (TPSA) is 230 Å². The number of ether oxygens (including phenoxy) is 7. The van der Waals surface area contributed by atoms with Crippen LogP contribution in [0.2, 0.25) is 5.28 Å². The van der Waals surface area contributed by atoms with Crippen LogP contribution in [-0.4, -0.2) is 120 Å². The number of halogens is 1. The van der Waals surface area contributed by atoms with Crippen LogP contribution in [-0.2, 0) is 46.8 Å². The van der Waals surface area contributed by atoms with E-state index in [2.05, 4.69) is 39.2 Å². The summed E-state index contributed by atoms with van der Waals surface area (Å²) < 4.78 is 58.6. The van der Waals surface area contributed by atoms with E-state index in [1.165, 1.54) is 10.9 Å². The minimum Gasteiger partial charge on any atom is -0.438 e. The van der Waals surface area contributed by atoms with E-state index in [9.17, 15) is 24.4 Å². The Bertz CT molecular complexity index is 1250. The standard InChI is InChI=1S/C21H29ClN5O14P/c1-33-20(30)37-8-39-42(32,40-9-38-21(31)34-2)10-36-6-12-14(28)15(29)18(41-12)27-7-23-13-16(24-11-3-4-35-5-11)25-19(22)26-17(13)27/h7,11-12,14-15,18,28-29H,3-6,8-10H2,1-2H3,(H,24,25,26)/t11-,12+,14+,15+,18+/m0/s1. The average Bonchev–Trinajstić information content (AvgIpc) is 3.69. The van der Waals surface area contributed by atoms with Crippen LogP contribution < -0.4 is 5.32 Å². The molecule has 4 rings (SSSR count). The molecule has 2 aliphatic rings. The van der Waals surface area contributed by atoms with Crippen LogP contribution >= 0.6 is 19.2 Å². The van der Waals surface area contributed by atoms with Crippen LogP contribution in [0.3, 0.4) is 0 Å². The Hall–Kier alpha value is -2.87. The number of carbonyl (C=O) groups is 2. The fourth-order valence-electron chi connectivity index (χ4n) is 3.94. The fraction of sp³-hybridized carbons (Fsp3) is 0.667. The van der Waals surface area contributed by atoms with Crippen molar-refractivity contribution in [2.45, 2.75) is 37.0 Å². The summed E-state index contributed by atoms with van der Waals surface area (Å²) in [7, 11) is -2.11. The highest BCUT2D eigenvalue weighted by Gasteiger charge is 2.45. The van der Waals surface area contributed by atoms with Crippen molar-refractivity contribution in [3.05, 3.63) is 11.6 Å². The molecule has 5 atom stereocenters. The molecule has 0 radical (unpaired) electrons. The Morgan fingerprint density at radius 2 is 1.83 bits per heavy atom. The summed E-state index contributed by atoms with van der Waals surface area (Å²) >= 11 is 6.15. The summed E-state index contributed by atoms with van der Waals surface area (Å²) in [6.07, 6.45) is -6.07. The lowest BCUT2D eigenvalue weighted by Crippen LogP contribution is -2.34. The van der Waals surface area contributed by atoms with Gasteiger partial charge in [0.2, 0.25) is 18.9 Å². The van der Waals surface area contributed by atoms with Gasteiger partial charge in [-0.2, -0.15) is 9.97 Å². The number of hydrogen-bond acceptors (Lipinski definition) is 18. The van der Waals surface area contributed by atoms with Gasteiger partial charge in [0.1, 0.15) is 24.7 Å². The normalized spacial score (nSPS) is 24.1. The Labute approximate surface area is 242 Å². The minimum atomic E-state index is -4.21. The summed E-state index contributed by atoms with van der Waals surface area (Å²) in [5.41, 5.74) is 0.589. The van der Waals surface area contributed by atoms with Crippen LogP contribution in [0, 0.1) is 0 Å². The van der Waals surface area contributed by atoms with Gasteiger partial charge in [0.25, 0.3) is 0 Å². The van der Waals surface area contributed by atoms with E-state index < -0.39 is 71.0 Å². The van der Waals surface area contributed by atoms with Crippen LogP contribution in [0.5, 0.6) is 0 Å². The number of rotatable bonds is 13. The molecule has 0 aliphatic carbocycles. The van der Waals surface area contributed by atoms with E-state index in [1.807, 2.05) is 0 Å². The number of aliphatic hydroxyl groups excluding tert-OH is 2. The van der Waals surface area contributed by atoms with Gasteiger partial charge in [-0.1, -0.05) is 0 Å². The molecule has 4 heterocycles. The number of hydrogen-bond donors (Lipinski definition) is 3. The highest BCUT2D eigenvalue weighted by molar-refractivity contribution is 7.53. The number of nitrogens with zero attached hydrogens (tertiary/aromatic N) is 4. The molecule has 0 aromatic carbocycles. The molecule has 21 heteroatoms. The van der Waals surface area contributed by atoms with Crippen molar-refractivity contribution in [2.24, 2.45) is 0 Å². The third-order valence-corrected chi connectivity index (χ3v) is 7.66. The van der Waals surface area contributed by atoms with Crippen molar-refractivity contribution in [3.8, 4) is 0 Å². The predicted octanol–water partition coefficient (Wildman–Crippen LogP) is 0.981. The molecule has 0 saturated carbocycles. The second-order valence-electron chi connectivity index (χ2n) is 8.72. The molecule has 2 aromatic rings. The first-order chi connectivity index (χ1) is 20.1. The average molecular weight is 642 g/mol. The van der Waals surface area contributed by atoms with Gasteiger partial charge in [-0.25, -0.2) is 14.6 Å². The molecule has 0 unspecified atom stereocenters. The Balaban J connectivity index is 1.40. The van der Waals surface area contributed by atoms with Gasteiger partial charge >= 0.3 is 19.9 Å². The lowest BCUT2D eigenvalue weighted by molar-refractivity contribution is -0.0644. The highest BCUT2D eigenvalue weighted by Crippen LogP contribution is 2.48. The summed E-state index contributed by atoms with van der Waals surface area (Å²) in [5, 5.41) is 24.5. The molecule has 2 aromatic heterocycles. The monoisotopic (exact) mass is 641 g/mol. The Morgan fingerprint density at radius 1 is 1.14 bits per heavy atom. The largest absolute Gasteiger partial charge is 0.510 e. The maximum absolute atomic E-state index is 13.0. The fourth-order valence-corrected chi connectivity index (χ4v) is 5.08. The molecule has 0 spiro atoms. The van der Waals surface area contributed by atoms with Crippen LogP contribution in [0.1, 0.15) is 12.6 Å². The molecule has 2 saturated heterocycles. The minimum absolute atomic E-state index is 0.00369. The van der Waals surface area contributed by atoms with Gasteiger partial charge in [0.15, 0.2) is 23.2 Å². The molecule has 42 heavy (non-hydrogen) atoms. The maximum Gasteiger partial charge on any atom is 0.510 e. The first-order valence-corrected chi connectivity index (χ1v) is 14.4. The molecule has 234 valence electrons. The summed E-state index contributed by atoms with van der Waals surface area (Å²) in [5.74, 6) is 0.371. The number of anilines is 1.